The van der Waals surface area contributed by atoms with Gasteiger partial charge >= 0.3 is 5.97 Å². The lowest BCUT2D eigenvalue weighted by molar-refractivity contribution is -0.142. The third-order valence-electron chi connectivity index (χ3n) is 3.49. The molecule has 1 aliphatic carbocycles. The van der Waals surface area contributed by atoms with E-state index >= 15 is 0 Å². The molecule has 2 nitrogen and oxygen atoms in total. The molecule has 0 aromatic rings. The summed E-state index contributed by atoms with van der Waals surface area (Å²) in [6.45, 7) is 1.97. The van der Waals surface area contributed by atoms with Gasteiger partial charge in [0.15, 0.2) is 0 Å². The van der Waals surface area contributed by atoms with Gasteiger partial charge in [0.25, 0.3) is 0 Å². The molecule has 14 heavy (non-hydrogen) atoms. The number of rotatable bonds is 5. The molecule has 1 aliphatic rings. The molecule has 1 rings (SSSR count). The number of hydrogen-bond acceptors (Lipinski definition) is 1. The SMILES string of the molecule is CCC(CCC1CCCCC1)C(=O)O. The molecule has 0 radical (unpaired) electrons. The Hall–Kier alpha value is -0.530. The average molecular weight is 198 g/mol. The standard InChI is InChI=1S/C12H22O2/c1-2-11(12(13)14)9-8-10-6-4-3-5-7-10/h10-11H,2-9H2,1H3,(H,13,14). The predicted octanol–water partition coefficient (Wildman–Crippen LogP) is 3.46. The van der Waals surface area contributed by atoms with Crippen LogP contribution in [0.4, 0.5) is 0 Å². The fourth-order valence-corrected chi connectivity index (χ4v) is 2.41. The van der Waals surface area contributed by atoms with E-state index < -0.39 is 5.97 Å². The molecular weight excluding hydrogens is 176 g/mol. The van der Waals surface area contributed by atoms with Gasteiger partial charge in [0.1, 0.15) is 0 Å². The molecule has 1 fully saturated rings. The first kappa shape index (κ1) is 11.5. The summed E-state index contributed by atoms with van der Waals surface area (Å²) in [4.78, 5) is 10.8. The normalized spacial score (nSPS) is 20.6. The van der Waals surface area contributed by atoms with Crippen molar-refractivity contribution in [2.75, 3.05) is 0 Å². The Balaban J connectivity index is 2.20. The van der Waals surface area contributed by atoms with Gasteiger partial charge in [-0.15, -0.1) is 0 Å². The van der Waals surface area contributed by atoms with Gasteiger partial charge < -0.3 is 5.11 Å². The second kappa shape index (κ2) is 6.05. The monoisotopic (exact) mass is 198 g/mol. The average Bonchev–Trinajstić information content (AvgIpc) is 2.20. The molecule has 0 bridgehead atoms. The van der Waals surface area contributed by atoms with E-state index in [2.05, 4.69) is 0 Å². The number of carbonyl (C=O) groups is 1. The first-order valence-electron chi connectivity index (χ1n) is 5.96. The van der Waals surface area contributed by atoms with Crippen LogP contribution in [-0.2, 0) is 4.79 Å². The third-order valence-corrected chi connectivity index (χ3v) is 3.49. The first-order chi connectivity index (χ1) is 6.74. The summed E-state index contributed by atoms with van der Waals surface area (Å²) in [7, 11) is 0. The van der Waals surface area contributed by atoms with Crippen molar-refractivity contribution in [1.29, 1.82) is 0 Å². The minimum absolute atomic E-state index is 0.100. The zero-order valence-electron chi connectivity index (χ0n) is 9.17. The number of hydrogen-bond donors (Lipinski definition) is 1. The Morgan fingerprint density at radius 3 is 2.50 bits per heavy atom. The van der Waals surface area contributed by atoms with Crippen molar-refractivity contribution < 1.29 is 9.90 Å². The molecule has 0 aromatic heterocycles. The molecule has 0 aromatic carbocycles. The Bertz CT molecular complexity index is 171. The molecule has 1 saturated carbocycles. The summed E-state index contributed by atoms with van der Waals surface area (Å²) in [6, 6.07) is 0. The zero-order chi connectivity index (χ0) is 10.4. The highest BCUT2D eigenvalue weighted by atomic mass is 16.4. The van der Waals surface area contributed by atoms with Gasteiger partial charge in [0.05, 0.1) is 5.92 Å². The van der Waals surface area contributed by atoms with Gasteiger partial charge in [-0.3, -0.25) is 4.79 Å². The predicted molar refractivity (Wildman–Crippen MR) is 57.2 cm³/mol. The van der Waals surface area contributed by atoms with Gasteiger partial charge in [-0.25, -0.2) is 0 Å². The molecule has 0 heterocycles. The highest BCUT2D eigenvalue weighted by molar-refractivity contribution is 5.69. The number of carboxylic acid groups (broad SMARTS) is 1. The molecule has 2 heteroatoms. The quantitative estimate of drug-likeness (QED) is 0.734. The summed E-state index contributed by atoms with van der Waals surface area (Å²) in [5.41, 5.74) is 0. The third kappa shape index (κ3) is 3.69. The van der Waals surface area contributed by atoms with Crippen LogP contribution in [-0.4, -0.2) is 11.1 Å². The van der Waals surface area contributed by atoms with Crippen molar-refractivity contribution in [3.05, 3.63) is 0 Å². The highest BCUT2D eigenvalue weighted by Gasteiger charge is 2.19. The van der Waals surface area contributed by atoms with E-state index in [1.54, 1.807) is 0 Å². The second-order valence-electron chi connectivity index (χ2n) is 4.52. The molecule has 1 N–H and O–H groups in total. The van der Waals surface area contributed by atoms with E-state index in [-0.39, 0.29) is 5.92 Å². The molecule has 1 unspecified atom stereocenters. The Morgan fingerprint density at radius 1 is 1.36 bits per heavy atom. The van der Waals surface area contributed by atoms with Gasteiger partial charge in [0, 0.05) is 0 Å². The van der Waals surface area contributed by atoms with Crippen LogP contribution < -0.4 is 0 Å². The van der Waals surface area contributed by atoms with Crippen LogP contribution in [0, 0.1) is 11.8 Å². The largest absolute Gasteiger partial charge is 0.481 e. The maximum atomic E-state index is 10.8. The van der Waals surface area contributed by atoms with E-state index in [1.807, 2.05) is 6.92 Å². The summed E-state index contributed by atoms with van der Waals surface area (Å²) >= 11 is 0. The first-order valence-corrected chi connectivity index (χ1v) is 5.96. The van der Waals surface area contributed by atoms with Crippen LogP contribution in [0.25, 0.3) is 0 Å². The van der Waals surface area contributed by atoms with E-state index in [1.165, 1.54) is 32.1 Å². The van der Waals surface area contributed by atoms with Crippen molar-refractivity contribution >= 4 is 5.97 Å². The Morgan fingerprint density at radius 2 is 2.00 bits per heavy atom. The summed E-state index contributed by atoms with van der Waals surface area (Å²) in [5, 5.41) is 8.90. The lowest BCUT2D eigenvalue weighted by atomic mass is 9.84. The van der Waals surface area contributed by atoms with Gasteiger partial charge in [0.2, 0.25) is 0 Å². The van der Waals surface area contributed by atoms with Gasteiger partial charge in [-0.1, -0.05) is 39.0 Å². The topological polar surface area (TPSA) is 37.3 Å². The Labute approximate surface area is 86.7 Å². The smallest absolute Gasteiger partial charge is 0.306 e. The van der Waals surface area contributed by atoms with Gasteiger partial charge in [-0.05, 0) is 25.2 Å². The van der Waals surface area contributed by atoms with E-state index in [0.29, 0.717) is 0 Å². The molecule has 0 aliphatic heterocycles. The van der Waals surface area contributed by atoms with Crippen molar-refractivity contribution in [1.82, 2.24) is 0 Å². The lowest BCUT2D eigenvalue weighted by Crippen LogP contribution is -2.15. The van der Waals surface area contributed by atoms with Crippen molar-refractivity contribution in [2.45, 2.75) is 58.3 Å². The number of carboxylic acids is 1. The lowest BCUT2D eigenvalue weighted by Gasteiger charge is -2.22. The minimum Gasteiger partial charge on any atom is -0.481 e. The maximum absolute atomic E-state index is 10.8. The fourth-order valence-electron chi connectivity index (χ4n) is 2.41. The second-order valence-corrected chi connectivity index (χ2v) is 4.52. The minimum atomic E-state index is -0.608. The van der Waals surface area contributed by atoms with Crippen molar-refractivity contribution in [2.24, 2.45) is 11.8 Å². The van der Waals surface area contributed by atoms with Gasteiger partial charge in [-0.2, -0.15) is 0 Å². The van der Waals surface area contributed by atoms with Crippen molar-refractivity contribution in [3.8, 4) is 0 Å². The maximum Gasteiger partial charge on any atom is 0.306 e. The molecular formula is C12H22O2. The van der Waals surface area contributed by atoms with Crippen LogP contribution >= 0.6 is 0 Å². The van der Waals surface area contributed by atoms with Crippen LogP contribution in [0.5, 0.6) is 0 Å². The van der Waals surface area contributed by atoms with E-state index in [0.717, 1.165) is 25.2 Å². The van der Waals surface area contributed by atoms with Crippen LogP contribution in [0.3, 0.4) is 0 Å². The zero-order valence-corrected chi connectivity index (χ0v) is 9.17. The molecule has 82 valence electrons. The van der Waals surface area contributed by atoms with Crippen molar-refractivity contribution in [3.63, 3.8) is 0 Å². The summed E-state index contributed by atoms with van der Waals surface area (Å²) in [5.74, 6) is 0.109. The van der Waals surface area contributed by atoms with Crippen LogP contribution in [0.15, 0.2) is 0 Å². The summed E-state index contributed by atoms with van der Waals surface area (Å²) < 4.78 is 0. The molecule has 0 amide bonds. The molecule has 0 spiro atoms. The van der Waals surface area contributed by atoms with E-state index in [9.17, 15) is 4.79 Å². The molecule has 1 atom stereocenters. The van der Waals surface area contributed by atoms with Crippen LogP contribution in [0.2, 0.25) is 0 Å². The van der Waals surface area contributed by atoms with E-state index in [4.69, 9.17) is 5.11 Å². The Kier molecular flexibility index (Phi) is 4.99. The van der Waals surface area contributed by atoms with Crippen LogP contribution in [0.1, 0.15) is 58.3 Å². The summed E-state index contributed by atoms with van der Waals surface area (Å²) in [6.07, 6.45) is 9.55. The fraction of sp³-hybridized carbons (Fsp3) is 0.917. The highest BCUT2D eigenvalue weighted by Crippen LogP contribution is 2.29. The molecule has 0 saturated heterocycles. The number of aliphatic carboxylic acids is 1.